The molecule has 0 saturated carbocycles. The van der Waals surface area contributed by atoms with Gasteiger partial charge in [-0.15, -0.1) is 21.5 Å². The van der Waals surface area contributed by atoms with Crippen LogP contribution in [0.5, 0.6) is 0 Å². The molecule has 0 radical (unpaired) electrons. The first-order valence-electron chi connectivity index (χ1n) is 8.07. The molecule has 0 aliphatic rings. The number of H-pyrrole nitrogens is 1. The maximum absolute atomic E-state index is 9.18. The highest BCUT2D eigenvalue weighted by atomic mass is 32.2. The SMILES string of the molecule is N#CC(=CNc1ccc(Sc2nccc(-c3cccs3)n2)cc1)c1nn[nH]n1. The van der Waals surface area contributed by atoms with Crippen molar-refractivity contribution in [2.75, 3.05) is 5.32 Å². The summed E-state index contributed by atoms with van der Waals surface area (Å²) in [7, 11) is 0. The highest BCUT2D eigenvalue weighted by Crippen LogP contribution is 2.29. The van der Waals surface area contributed by atoms with Gasteiger partial charge in [0.15, 0.2) is 5.16 Å². The van der Waals surface area contributed by atoms with Gasteiger partial charge in [-0.25, -0.2) is 9.97 Å². The van der Waals surface area contributed by atoms with Crippen LogP contribution in [-0.2, 0) is 0 Å². The van der Waals surface area contributed by atoms with Crippen molar-refractivity contribution in [3.8, 4) is 16.6 Å². The molecule has 2 N–H and O–H groups in total. The third-order valence-corrected chi connectivity index (χ3v) is 5.34. The van der Waals surface area contributed by atoms with E-state index in [4.69, 9.17) is 0 Å². The van der Waals surface area contributed by atoms with Crippen molar-refractivity contribution in [3.05, 3.63) is 66.1 Å². The molecule has 0 aliphatic heterocycles. The van der Waals surface area contributed by atoms with E-state index in [1.165, 1.54) is 11.8 Å². The number of nitrogens with one attached hydrogen (secondary N) is 2. The number of aromatic nitrogens is 6. The Hall–Kier alpha value is -3.55. The van der Waals surface area contributed by atoms with Crippen molar-refractivity contribution < 1.29 is 0 Å². The van der Waals surface area contributed by atoms with E-state index in [0.29, 0.717) is 5.16 Å². The summed E-state index contributed by atoms with van der Waals surface area (Å²) >= 11 is 3.14. The lowest BCUT2D eigenvalue weighted by molar-refractivity contribution is 0.881. The lowest BCUT2D eigenvalue weighted by Crippen LogP contribution is -1.93. The van der Waals surface area contributed by atoms with Crippen LogP contribution in [0.3, 0.4) is 0 Å². The average molecular weight is 404 g/mol. The van der Waals surface area contributed by atoms with Crippen LogP contribution in [0.4, 0.5) is 5.69 Å². The minimum Gasteiger partial charge on any atom is -0.360 e. The molecule has 0 spiro atoms. The van der Waals surface area contributed by atoms with Crippen molar-refractivity contribution in [3.63, 3.8) is 0 Å². The highest BCUT2D eigenvalue weighted by Gasteiger charge is 2.07. The first-order valence-corrected chi connectivity index (χ1v) is 9.77. The van der Waals surface area contributed by atoms with E-state index < -0.39 is 0 Å². The van der Waals surface area contributed by atoms with Gasteiger partial charge < -0.3 is 5.32 Å². The summed E-state index contributed by atoms with van der Waals surface area (Å²) < 4.78 is 0. The second kappa shape index (κ2) is 8.43. The zero-order chi connectivity index (χ0) is 19.2. The van der Waals surface area contributed by atoms with Crippen molar-refractivity contribution in [2.45, 2.75) is 10.1 Å². The Morgan fingerprint density at radius 2 is 2.11 bits per heavy atom. The number of nitrogens with zero attached hydrogens (tertiary/aromatic N) is 6. The van der Waals surface area contributed by atoms with Crippen LogP contribution in [-0.4, -0.2) is 30.6 Å². The minimum atomic E-state index is 0.241. The molecule has 4 aromatic rings. The Bertz CT molecular complexity index is 1110. The predicted octanol–water partition coefficient (Wildman–Crippen LogP) is 3.85. The van der Waals surface area contributed by atoms with Gasteiger partial charge in [0.25, 0.3) is 0 Å². The second-order valence-corrected chi connectivity index (χ2v) is 7.37. The van der Waals surface area contributed by atoms with Crippen LogP contribution in [0.15, 0.2) is 70.3 Å². The molecule has 0 unspecified atom stereocenters. The molecule has 0 bridgehead atoms. The molecule has 3 heterocycles. The van der Waals surface area contributed by atoms with E-state index in [1.54, 1.807) is 23.7 Å². The largest absolute Gasteiger partial charge is 0.360 e. The van der Waals surface area contributed by atoms with E-state index in [9.17, 15) is 5.26 Å². The van der Waals surface area contributed by atoms with Crippen LogP contribution in [0, 0.1) is 11.3 Å². The summed E-state index contributed by atoms with van der Waals surface area (Å²) in [5.74, 6) is 0.241. The van der Waals surface area contributed by atoms with E-state index in [2.05, 4.69) is 35.9 Å². The summed E-state index contributed by atoms with van der Waals surface area (Å²) in [6.45, 7) is 0. The Balaban J connectivity index is 1.44. The fraction of sp³-hybridized carbons (Fsp3) is 0. The first-order chi connectivity index (χ1) is 13.8. The molecule has 0 aliphatic carbocycles. The average Bonchev–Trinajstić information content (AvgIpc) is 3.45. The van der Waals surface area contributed by atoms with Gasteiger partial charge in [0.1, 0.15) is 11.6 Å². The number of aromatic amines is 1. The van der Waals surface area contributed by atoms with E-state index >= 15 is 0 Å². The third-order valence-electron chi connectivity index (χ3n) is 3.56. The molecule has 28 heavy (non-hydrogen) atoms. The number of benzene rings is 1. The van der Waals surface area contributed by atoms with Gasteiger partial charge in [-0.2, -0.15) is 10.5 Å². The molecule has 1 aromatic carbocycles. The Labute approximate surface area is 168 Å². The summed E-state index contributed by atoms with van der Waals surface area (Å²) in [5.41, 5.74) is 2.03. The Morgan fingerprint density at radius 1 is 1.21 bits per heavy atom. The molecule has 0 fully saturated rings. The lowest BCUT2D eigenvalue weighted by atomic mass is 10.3. The topological polar surface area (TPSA) is 116 Å². The third kappa shape index (κ3) is 4.22. The standard InChI is InChI=1S/C18H12N8S2/c19-10-12(17-23-25-26-24-17)11-21-13-3-5-14(6-4-13)28-18-20-8-7-15(22-18)16-2-1-9-27-16/h1-9,11,21H,(H,23,24,25,26). The monoisotopic (exact) mass is 404 g/mol. The van der Waals surface area contributed by atoms with Crippen molar-refractivity contribution in [2.24, 2.45) is 0 Å². The van der Waals surface area contributed by atoms with E-state index in [0.717, 1.165) is 21.2 Å². The van der Waals surface area contributed by atoms with Gasteiger partial charge >= 0.3 is 0 Å². The molecule has 0 amide bonds. The normalized spacial score (nSPS) is 11.2. The van der Waals surface area contributed by atoms with Crippen LogP contribution >= 0.6 is 23.1 Å². The zero-order valence-corrected chi connectivity index (χ0v) is 15.9. The highest BCUT2D eigenvalue weighted by molar-refractivity contribution is 7.99. The van der Waals surface area contributed by atoms with Crippen molar-refractivity contribution in [1.82, 2.24) is 30.6 Å². The lowest BCUT2D eigenvalue weighted by Gasteiger charge is -2.04. The van der Waals surface area contributed by atoms with Crippen molar-refractivity contribution >= 4 is 34.4 Å². The van der Waals surface area contributed by atoms with Gasteiger partial charge in [-0.3, -0.25) is 0 Å². The summed E-state index contributed by atoms with van der Waals surface area (Å²) in [6.07, 6.45) is 3.31. The maximum atomic E-state index is 9.18. The summed E-state index contributed by atoms with van der Waals surface area (Å²) in [6, 6.07) is 15.7. The molecular weight excluding hydrogens is 392 g/mol. The molecule has 8 nitrogen and oxygen atoms in total. The molecule has 4 rings (SSSR count). The number of hydrogen-bond acceptors (Lipinski definition) is 9. The fourth-order valence-corrected chi connectivity index (χ4v) is 3.69. The number of tetrazole rings is 1. The molecule has 136 valence electrons. The van der Waals surface area contributed by atoms with Crippen LogP contribution < -0.4 is 5.32 Å². The van der Waals surface area contributed by atoms with Gasteiger partial charge in [0, 0.05) is 23.0 Å². The molecule has 0 atom stereocenters. The van der Waals surface area contributed by atoms with E-state index in [-0.39, 0.29) is 11.4 Å². The zero-order valence-electron chi connectivity index (χ0n) is 14.3. The molecule has 3 aromatic heterocycles. The molecule has 10 heteroatoms. The summed E-state index contributed by atoms with van der Waals surface area (Å²) in [4.78, 5) is 11.1. The number of thiophene rings is 1. The number of nitriles is 1. The van der Waals surface area contributed by atoms with E-state index in [1.807, 2.05) is 53.9 Å². The predicted molar refractivity (Wildman–Crippen MR) is 107 cm³/mol. The Morgan fingerprint density at radius 3 is 2.82 bits per heavy atom. The number of hydrogen-bond donors (Lipinski definition) is 2. The maximum Gasteiger partial charge on any atom is 0.216 e. The first kappa shape index (κ1) is 17.8. The number of rotatable bonds is 6. The van der Waals surface area contributed by atoms with Gasteiger partial charge in [-0.05, 0) is 58.8 Å². The number of anilines is 1. The van der Waals surface area contributed by atoms with Crippen LogP contribution in [0.25, 0.3) is 16.1 Å². The molecular formula is C18H12N8S2. The van der Waals surface area contributed by atoms with Crippen LogP contribution in [0.2, 0.25) is 0 Å². The van der Waals surface area contributed by atoms with Gasteiger partial charge in [0.2, 0.25) is 5.82 Å². The van der Waals surface area contributed by atoms with Gasteiger partial charge in [-0.1, -0.05) is 6.07 Å². The number of allylic oxidation sites excluding steroid dienone is 1. The van der Waals surface area contributed by atoms with Gasteiger partial charge in [0.05, 0.1) is 10.6 Å². The summed E-state index contributed by atoms with van der Waals surface area (Å²) in [5, 5.41) is 28.3. The minimum absolute atomic E-state index is 0.241. The smallest absolute Gasteiger partial charge is 0.216 e. The second-order valence-electron chi connectivity index (χ2n) is 5.38. The quantitative estimate of drug-likeness (QED) is 0.368. The van der Waals surface area contributed by atoms with Crippen LogP contribution in [0.1, 0.15) is 5.82 Å². The fourth-order valence-electron chi connectivity index (χ4n) is 2.25. The van der Waals surface area contributed by atoms with Crippen molar-refractivity contribution in [1.29, 1.82) is 5.26 Å². The Kier molecular flexibility index (Phi) is 5.37. The molecule has 0 saturated heterocycles.